The standard InChI is InChI=1S/C27H24F2N2O4/c1-33-22-10-11-23-24(16-22)35-25(17-34-23)27(32)31-14-12-30(13-15-31)26(18-2-6-20(28)7-3-18)19-4-8-21(29)9-5-19/h2-11,16-17,26H,12-15H2,1H3. The Morgan fingerprint density at radius 3 is 2.03 bits per heavy atom. The first kappa shape index (κ1) is 22.9. The molecule has 0 saturated carbocycles. The largest absolute Gasteiger partial charge is 0.497 e. The first-order chi connectivity index (χ1) is 17.0. The first-order valence-electron chi connectivity index (χ1n) is 11.3. The van der Waals surface area contributed by atoms with Gasteiger partial charge in [-0.25, -0.2) is 8.78 Å². The fraction of sp³-hybridized carbons (Fsp3) is 0.222. The smallest absolute Gasteiger partial charge is 0.292 e. The van der Waals surface area contributed by atoms with Gasteiger partial charge in [0.25, 0.3) is 5.91 Å². The van der Waals surface area contributed by atoms with Gasteiger partial charge in [-0.3, -0.25) is 9.69 Å². The number of nitrogens with zero attached hydrogens (tertiary/aromatic N) is 2. The summed E-state index contributed by atoms with van der Waals surface area (Å²) >= 11 is 0. The number of hydrogen-bond acceptors (Lipinski definition) is 5. The van der Waals surface area contributed by atoms with Gasteiger partial charge in [0.15, 0.2) is 11.5 Å². The topological polar surface area (TPSA) is 51.2 Å². The zero-order chi connectivity index (χ0) is 24.4. The molecule has 5 rings (SSSR count). The molecular weight excluding hydrogens is 454 g/mol. The number of rotatable bonds is 5. The molecule has 1 saturated heterocycles. The van der Waals surface area contributed by atoms with Gasteiger partial charge in [0.1, 0.15) is 23.6 Å². The molecule has 3 aromatic carbocycles. The molecule has 0 atom stereocenters. The molecule has 0 unspecified atom stereocenters. The van der Waals surface area contributed by atoms with E-state index in [-0.39, 0.29) is 29.3 Å². The van der Waals surface area contributed by atoms with Crippen molar-refractivity contribution in [2.75, 3.05) is 33.3 Å². The average molecular weight is 478 g/mol. The summed E-state index contributed by atoms with van der Waals surface area (Å²) in [4.78, 5) is 17.0. The molecule has 2 aliphatic heterocycles. The predicted molar refractivity (Wildman–Crippen MR) is 125 cm³/mol. The van der Waals surface area contributed by atoms with Crippen LogP contribution in [-0.2, 0) is 4.79 Å². The van der Waals surface area contributed by atoms with E-state index in [0.29, 0.717) is 43.4 Å². The Hall–Kier alpha value is -3.91. The van der Waals surface area contributed by atoms with E-state index >= 15 is 0 Å². The lowest BCUT2D eigenvalue weighted by molar-refractivity contribution is -0.131. The van der Waals surface area contributed by atoms with Crippen LogP contribution in [0.2, 0.25) is 0 Å². The molecule has 0 radical (unpaired) electrons. The molecule has 0 aliphatic carbocycles. The highest BCUT2D eigenvalue weighted by Crippen LogP contribution is 2.36. The van der Waals surface area contributed by atoms with Crippen LogP contribution in [0.4, 0.5) is 8.78 Å². The summed E-state index contributed by atoms with van der Waals surface area (Å²) in [5, 5.41) is 0. The van der Waals surface area contributed by atoms with Gasteiger partial charge in [0.05, 0.1) is 13.2 Å². The molecule has 180 valence electrons. The monoisotopic (exact) mass is 478 g/mol. The van der Waals surface area contributed by atoms with Gasteiger partial charge in [-0.15, -0.1) is 0 Å². The Labute approximate surface area is 201 Å². The third-order valence-corrected chi connectivity index (χ3v) is 6.21. The number of fused-ring (bicyclic) bond motifs is 1. The van der Waals surface area contributed by atoms with E-state index in [4.69, 9.17) is 14.2 Å². The van der Waals surface area contributed by atoms with Gasteiger partial charge in [0, 0.05) is 32.2 Å². The number of carbonyl (C=O) groups is 1. The molecule has 1 fully saturated rings. The van der Waals surface area contributed by atoms with Crippen molar-refractivity contribution in [1.29, 1.82) is 0 Å². The van der Waals surface area contributed by atoms with E-state index in [2.05, 4.69) is 4.90 Å². The zero-order valence-corrected chi connectivity index (χ0v) is 19.1. The lowest BCUT2D eigenvalue weighted by atomic mass is 9.96. The van der Waals surface area contributed by atoms with Crippen LogP contribution in [-0.4, -0.2) is 49.0 Å². The van der Waals surface area contributed by atoms with E-state index in [0.717, 1.165) is 11.1 Å². The molecule has 0 aromatic heterocycles. The second kappa shape index (κ2) is 9.76. The van der Waals surface area contributed by atoms with Crippen LogP contribution in [0.25, 0.3) is 0 Å². The molecule has 0 N–H and O–H groups in total. The maximum Gasteiger partial charge on any atom is 0.292 e. The molecule has 1 amide bonds. The molecule has 0 spiro atoms. The summed E-state index contributed by atoms with van der Waals surface area (Å²) in [5.74, 6) is 0.733. The fourth-order valence-corrected chi connectivity index (χ4v) is 4.39. The minimum absolute atomic E-state index is 0.104. The third kappa shape index (κ3) is 4.83. The lowest BCUT2D eigenvalue weighted by Gasteiger charge is -2.40. The van der Waals surface area contributed by atoms with Crippen LogP contribution in [0.15, 0.2) is 78.8 Å². The van der Waals surface area contributed by atoms with E-state index in [1.807, 2.05) is 0 Å². The SMILES string of the molecule is COc1ccc2c(c1)OC(C(=O)N1CCN(C(c3ccc(F)cc3)c3ccc(F)cc3)CC1)=CO2. The average Bonchev–Trinajstić information content (AvgIpc) is 2.90. The Morgan fingerprint density at radius 2 is 1.46 bits per heavy atom. The van der Waals surface area contributed by atoms with E-state index in [1.165, 1.54) is 30.5 Å². The molecule has 35 heavy (non-hydrogen) atoms. The van der Waals surface area contributed by atoms with Crippen molar-refractivity contribution in [3.8, 4) is 17.2 Å². The lowest BCUT2D eigenvalue weighted by Crippen LogP contribution is -2.50. The van der Waals surface area contributed by atoms with Crippen molar-refractivity contribution >= 4 is 5.91 Å². The molecule has 0 bridgehead atoms. The number of carbonyl (C=O) groups excluding carboxylic acids is 1. The van der Waals surface area contributed by atoms with Crippen LogP contribution in [0.1, 0.15) is 17.2 Å². The Bertz CT molecular complexity index is 1190. The Kier molecular flexibility index (Phi) is 6.37. The zero-order valence-electron chi connectivity index (χ0n) is 19.1. The Morgan fingerprint density at radius 1 is 0.857 bits per heavy atom. The van der Waals surface area contributed by atoms with Gasteiger partial charge >= 0.3 is 0 Å². The van der Waals surface area contributed by atoms with Crippen molar-refractivity contribution in [1.82, 2.24) is 9.80 Å². The summed E-state index contributed by atoms with van der Waals surface area (Å²) in [6, 6.07) is 17.6. The highest BCUT2D eigenvalue weighted by molar-refractivity contribution is 5.92. The maximum atomic E-state index is 13.6. The van der Waals surface area contributed by atoms with E-state index in [9.17, 15) is 13.6 Å². The summed E-state index contributed by atoms with van der Waals surface area (Å²) in [6.45, 7) is 2.07. The van der Waals surface area contributed by atoms with Crippen LogP contribution in [0, 0.1) is 11.6 Å². The van der Waals surface area contributed by atoms with Gasteiger partial charge in [-0.2, -0.15) is 0 Å². The molecule has 2 aliphatic rings. The second-order valence-electron chi connectivity index (χ2n) is 8.35. The van der Waals surface area contributed by atoms with Crippen LogP contribution in [0.3, 0.4) is 0 Å². The normalized spacial score (nSPS) is 15.7. The molecule has 2 heterocycles. The van der Waals surface area contributed by atoms with Crippen LogP contribution in [0.5, 0.6) is 17.2 Å². The van der Waals surface area contributed by atoms with Crippen molar-refractivity contribution in [2.45, 2.75) is 6.04 Å². The maximum absolute atomic E-state index is 13.6. The number of benzene rings is 3. The summed E-state index contributed by atoms with van der Waals surface area (Å²) in [7, 11) is 1.55. The predicted octanol–water partition coefficient (Wildman–Crippen LogP) is 4.52. The van der Waals surface area contributed by atoms with E-state index in [1.54, 1.807) is 54.5 Å². The Balaban J connectivity index is 1.30. The fourth-order valence-electron chi connectivity index (χ4n) is 4.39. The summed E-state index contributed by atoms with van der Waals surface area (Å²) in [5.41, 5.74) is 1.80. The number of halogens is 2. The number of hydrogen-bond donors (Lipinski definition) is 0. The highest BCUT2D eigenvalue weighted by atomic mass is 19.1. The molecule has 3 aromatic rings. The van der Waals surface area contributed by atoms with Crippen molar-refractivity contribution in [2.24, 2.45) is 0 Å². The van der Waals surface area contributed by atoms with Gasteiger partial charge < -0.3 is 19.1 Å². The van der Waals surface area contributed by atoms with Crippen molar-refractivity contribution < 1.29 is 27.8 Å². The number of methoxy groups -OCH3 is 1. The van der Waals surface area contributed by atoms with E-state index < -0.39 is 0 Å². The number of amides is 1. The first-order valence-corrected chi connectivity index (χ1v) is 11.3. The van der Waals surface area contributed by atoms with Gasteiger partial charge in [-0.1, -0.05) is 24.3 Å². The highest BCUT2D eigenvalue weighted by Gasteiger charge is 2.31. The molecule has 6 nitrogen and oxygen atoms in total. The second-order valence-corrected chi connectivity index (χ2v) is 8.35. The van der Waals surface area contributed by atoms with Crippen molar-refractivity contribution in [3.63, 3.8) is 0 Å². The summed E-state index contributed by atoms with van der Waals surface area (Å²) < 4.78 is 43.7. The third-order valence-electron chi connectivity index (χ3n) is 6.21. The van der Waals surface area contributed by atoms with Crippen LogP contribution < -0.4 is 14.2 Å². The minimum Gasteiger partial charge on any atom is -0.497 e. The van der Waals surface area contributed by atoms with Gasteiger partial charge in [-0.05, 0) is 47.5 Å². The molecular formula is C27H24F2N2O4. The number of piperazine rings is 1. The number of ether oxygens (including phenoxy) is 3. The van der Waals surface area contributed by atoms with Crippen LogP contribution >= 0.6 is 0 Å². The van der Waals surface area contributed by atoms with Crippen molar-refractivity contribution in [3.05, 3.63) is 102 Å². The van der Waals surface area contributed by atoms with Gasteiger partial charge in [0.2, 0.25) is 5.76 Å². The summed E-state index contributed by atoms with van der Waals surface area (Å²) in [6.07, 6.45) is 1.32. The minimum atomic E-state index is -0.316. The molecule has 8 heteroatoms. The quantitative estimate of drug-likeness (QED) is 0.540.